The van der Waals surface area contributed by atoms with Gasteiger partial charge >= 0.3 is 5.97 Å². The summed E-state index contributed by atoms with van der Waals surface area (Å²) in [6.07, 6.45) is 0. The summed E-state index contributed by atoms with van der Waals surface area (Å²) in [6, 6.07) is 5.55. The summed E-state index contributed by atoms with van der Waals surface area (Å²) < 4.78 is 4.66. The highest BCUT2D eigenvalue weighted by Crippen LogP contribution is 2.22. The number of hydrogen-bond donors (Lipinski definition) is 0. The van der Waals surface area contributed by atoms with Crippen LogP contribution in [0.25, 0.3) is 0 Å². The summed E-state index contributed by atoms with van der Waals surface area (Å²) in [5.74, 6) is -0.470. The quantitative estimate of drug-likeness (QED) is 0.705. The molecule has 1 unspecified atom stereocenters. The van der Waals surface area contributed by atoms with E-state index in [0.29, 0.717) is 5.02 Å². The lowest BCUT2D eigenvalue weighted by atomic mass is 10.00. The molecular formula is C11H13ClO2. The molecule has 0 fully saturated rings. The summed E-state index contributed by atoms with van der Waals surface area (Å²) in [4.78, 5) is 11.3. The highest BCUT2D eigenvalue weighted by atomic mass is 35.5. The van der Waals surface area contributed by atoms with Crippen LogP contribution in [-0.4, -0.2) is 13.1 Å². The van der Waals surface area contributed by atoms with E-state index >= 15 is 0 Å². The van der Waals surface area contributed by atoms with Gasteiger partial charge in [0.1, 0.15) is 0 Å². The molecule has 2 nitrogen and oxygen atoms in total. The molecule has 14 heavy (non-hydrogen) atoms. The van der Waals surface area contributed by atoms with Crippen molar-refractivity contribution in [1.29, 1.82) is 0 Å². The minimum atomic E-state index is -0.240. The molecule has 0 saturated heterocycles. The average Bonchev–Trinajstić information content (AvgIpc) is 2.20. The van der Waals surface area contributed by atoms with Crippen molar-refractivity contribution in [2.24, 2.45) is 0 Å². The zero-order valence-corrected chi connectivity index (χ0v) is 9.26. The molecule has 0 bridgehead atoms. The van der Waals surface area contributed by atoms with Crippen molar-refractivity contribution in [3.8, 4) is 0 Å². The predicted molar refractivity (Wildman–Crippen MR) is 56.6 cm³/mol. The molecule has 1 aromatic rings. The van der Waals surface area contributed by atoms with Crippen LogP contribution in [0.3, 0.4) is 0 Å². The van der Waals surface area contributed by atoms with Crippen molar-refractivity contribution in [3.05, 3.63) is 34.3 Å². The number of carbonyl (C=O) groups excluding carboxylic acids is 1. The van der Waals surface area contributed by atoms with Crippen LogP contribution in [0.15, 0.2) is 18.2 Å². The Morgan fingerprint density at radius 1 is 1.50 bits per heavy atom. The van der Waals surface area contributed by atoms with Gasteiger partial charge in [-0.25, -0.2) is 0 Å². The number of rotatable bonds is 2. The number of aryl methyl sites for hydroxylation is 1. The number of halogens is 1. The molecule has 0 aliphatic carbocycles. The Bertz CT molecular complexity index is 347. The first-order valence-corrected chi connectivity index (χ1v) is 4.78. The molecule has 0 radical (unpaired) electrons. The third kappa shape index (κ3) is 2.26. The van der Waals surface area contributed by atoms with Crippen LogP contribution in [-0.2, 0) is 9.53 Å². The van der Waals surface area contributed by atoms with Gasteiger partial charge < -0.3 is 4.74 Å². The number of esters is 1. The molecule has 1 aromatic carbocycles. The number of hydrogen-bond acceptors (Lipinski definition) is 2. The summed E-state index contributed by atoms with van der Waals surface area (Å²) in [7, 11) is 1.39. The van der Waals surface area contributed by atoms with E-state index in [2.05, 4.69) is 4.74 Å². The fourth-order valence-electron chi connectivity index (χ4n) is 1.25. The van der Waals surface area contributed by atoms with Crippen LogP contribution < -0.4 is 0 Å². The van der Waals surface area contributed by atoms with Crippen LogP contribution in [0, 0.1) is 6.92 Å². The van der Waals surface area contributed by atoms with Gasteiger partial charge in [0.15, 0.2) is 0 Å². The van der Waals surface area contributed by atoms with E-state index < -0.39 is 0 Å². The van der Waals surface area contributed by atoms with E-state index in [0.717, 1.165) is 11.1 Å². The number of ether oxygens (including phenoxy) is 1. The maximum atomic E-state index is 11.3. The van der Waals surface area contributed by atoms with Gasteiger partial charge in [-0.1, -0.05) is 23.7 Å². The van der Waals surface area contributed by atoms with Gasteiger partial charge in [-0.2, -0.15) is 0 Å². The normalized spacial score (nSPS) is 12.3. The first-order valence-electron chi connectivity index (χ1n) is 4.40. The smallest absolute Gasteiger partial charge is 0.312 e. The Labute approximate surface area is 88.8 Å². The molecule has 0 heterocycles. The summed E-state index contributed by atoms with van der Waals surface area (Å²) in [5.41, 5.74) is 1.90. The summed E-state index contributed by atoms with van der Waals surface area (Å²) in [6.45, 7) is 3.73. The largest absolute Gasteiger partial charge is 0.469 e. The van der Waals surface area contributed by atoms with E-state index in [1.165, 1.54) is 7.11 Å². The van der Waals surface area contributed by atoms with Crippen molar-refractivity contribution < 1.29 is 9.53 Å². The molecule has 0 aliphatic rings. The average molecular weight is 213 g/mol. The molecule has 0 N–H and O–H groups in total. The van der Waals surface area contributed by atoms with E-state index in [-0.39, 0.29) is 11.9 Å². The predicted octanol–water partition coefficient (Wildman–Crippen LogP) is 2.92. The summed E-state index contributed by atoms with van der Waals surface area (Å²) >= 11 is 5.88. The molecular weight excluding hydrogens is 200 g/mol. The van der Waals surface area contributed by atoms with Crippen LogP contribution >= 0.6 is 11.6 Å². The maximum Gasteiger partial charge on any atom is 0.312 e. The van der Waals surface area contributed by atoms with Crippen molar-refractivity contribution in [1.82, 2.24) is 0 Å². The van der Waals surface area contributed by atoms with Crippen LogP contribution in [0.1, 0.15) is 24.0 Å². The number of methoxy groups -OCH3 is 1. The lowest BCUT2D eigenvalue weighted by Gasteiger charge is -2.10. The molecule has 0 saturated carbocycles. The van der Waals surface area contributed by atoms with E-state index in [4.69, 9.17) is 11.6 Å². The summed E-state index contributed by atoms with van der Waals surface area (Å²) in [5, 5.41) is 0.714. The van der Waals surface area contributed by atoms with E-state index in [1.807, 2.05) is 26.0 Å². The second-order valence-corrected chi connectivity index (χ2v) is 3.66. The number of benzene rings is 1. The standard InChI is InChI=1S/C11H13ClO2/c1-7-6-9(4-5-10(7)12)8(2)11(13)14-3/h4-6,8H,1-3H3. The molecule has 1 rings (SSSR count). The van der Waals surface area contributed by atoms with Gasteiger partial charge in [0.2, 0.25) is 0 Å². The highest BCUT2D eigenvalue weighted by molar-refractivity contribution is 6.31. The topological polar surface area (TPSA) is 26.3 Å². The van der Waals surface area contributed by atoms with Crippen LogP contribution in [0.2, 0.25) is 5.02 Å². The van der Waals surface area contributed by atoms with Gasteiger partial charge in [0.05, 0.1) is 13.0 Å². The molecule has 0 amide bonds. The molecule has 0 spiro atoms. The Kier molecular flexibility index (Phi) is 3.53. The first-order chi connectivity index (χ1) is 6.56. The molecule has 0 aliphatic heterocycles. The van der Waals surface area contributed by atoms with E-state index in [1.54, 1.807) is 6.07 Å². The van der Waals surface area contributed by atoms with Gasteiger partial charge in [0.25, 0.3) is 0 Å². The molecule has 1 atom stereocenters. The van der Waals surface area contributed by atoms with Gasteiger partial charge in [-0.3, -0.25) is 4.79 Å². The van der Waals surface area contributed by atoms with Gasteiger partial charge in [-0.05, 0) is 31.0 Å². The zero-order valence-electron chi connectivity index (χ0n) is 8.50. The third-order valence-electron chi connectivity index (χ3n) is 2.24. The van der Waals surface area contributed by atoms with Crippen LogP contribution in [0.5, 0.6) is 0 Å². The Morgan fingerprint density at radius 2 is 2.14 bits per heavy atom. The minimum absolute atomic E-state index is 0.230. The van der Waals surface area contributed by atoms with E-state index in [9.17, 15) is 4.79 Å². The molecule has 0 aromatic heterocycles. The van der Waals surface area contributed by atoms with Crippen molar-refractivity contribution in [2.45, 2.75) is 19.8 Å². The van der Waals surface area contributed by atoms with Gasteiger partial charge in [-0.15, -0.1) is 0 Å². The zero-order chi connectivity index (χ0) is 10.7. The second-order valence-electron chi connectivity index (χ2n) is 3.25. The second kappa shape index (κ2) is 4.47. The lowest BCUT2D eigenvalue weighted by Crippen LogP contribution is -2.10. The Hall–Kier alpha value is -1.02. The minimum Gasteiger partial charge on any atom is -0.469 e. The first kappa shape index (κ1) is 11.1. The maximum absolute atomic E-state index is 11.3. The van der Waals surface area contributed by atoms with Crippen molar-refractivity contribution >= 4 is 17.6 Å². The van der Waals surface area contributed by atoms with Gasteiger partial charge in [0, 0.05) is 5.02 Å². The molecule has 3 heteroatoms. The third-order valence-corrected chi connectivity index (χ3v) is 2.66. The Morgan fingerprint density at radius 3 is 2.64 bits per heavy atom. The highest BCUT2D eigenvalue weighted by Gasteiger charge is 2.15. The Balaban J connectivity index is 2.96. The lowest BCUT2D eigenvalue weighted by molar-refractivity contribution is -0.141. The number of carbonyl (C=O) groups is 1. The van der Waals surface area contributed by atoms with Crippen LogP contribution in [0.4, 0.5) is 0 Å². The fourth-order valence-corrected chi connectivity index (χ4v) is 1.37. The fraction of sp³-hybridized carbons (Fsp3) is 0.364. The molecule has 76 valence electrons. The monoisotopic (exact) mass is 212 g/mol. The van der Waals surface area contributed by atoms with Crippen molar-refractivity contribution in [2.75, 3.05) is 7.11 Å². The SMILES string of the molecule is COC(=O)C(C)c1ccc(Cl)c(C)c1. The van der Waals surface area contributed by atoms with Crippen molar-refractivity contribution in [3.63, 3.8) is 0 Å².